The predicted octanol–water partition coefficient (Wildman–Crippen LogP) is 3.38. The maximum atomic E-state index is 11.8. The number of carboxylic acids is 2. The normalized spacial score (nSPS) is 13.0. The van der Waals surface area contributed by atoms with Gasteiger partial charge in [0.2, 0.25) is 0 Å². The Morgan fingerprint density at radius 2 is 1.48 bits per heavy atom. The van der Waals surface area contributed by atoms with Crippen molar-refractivity contribution in [3.8, 4) is 5.75 Å². The lowest BCUT2D eigenvalue weighted by Gasteiger charge is -2.26. The highest BCUT2D eigenvalue weighted by Gasteiger charge is 2.39. The van der Waals surface area contributed by atoms with Crippen LogP contribution in [0.5, 0.6) is 5.75 Å². The van der Waals surface area contributed by atoms with Crippen molar-refractivity contribution in [3.63, 3.8) is 0 Å². The molecule has 0 heterocycles. The predicted molar refractivity (Wildman–Crippen MR) is 93.4 cm³/mol. The Morgan fingerprint density at radius 1 is 1.00 bits per heavy atom. The molecule has 4 N–H and O–H groups in total. The van der Waals surface area contributed by atoms with Crippen LogP contribution in [0.4, 0.5) is 13.2 Å². The monoisotopic (exact) mass is 449 g/mol. The van der Waals surface area contributed by atoms with E-state index in [2.05, 4.69) is 15.9 Å². The molecule has 146 valence electrons. The molecule has 0 bridgehead atoms. The van der Waals surface area contributed by atoms with E-state index in [9.17, 15) is 23.1 Å². The number of aliphatic carboxylic acids is 2. The van der Waals surface area contributed by atoms with Crippen molar-refractivity contribution < 1.29 is 37.7 Å². The van der Waals surface area contributed by atoms with Gasteiger partial charge >= 0.3 is 18.1 Å². The van der Waals surface area contributed by atoms with Gasteiger partial charge in [-0.15, -0.1) is 0 Å². The zero-order chi connectivity index (χ0) is 20.8. The molecule has 0 fully saturated rings. The van der Waals surface area contributed by atoms with Gasteiger partial charge < -0.3 is 20.7 Å². The summed E-state index contributed by atoms with van der Waals surface area (Å²) in [6, 6.07) is 13.7. The van der Waals surface area contributed by atoms with Crippen LogP contribution in [0.1, 0.15) is 11.1 Å². The van der Waals surface area contributed by atoms with Gasteiger partial charge in [-0.3, -0.25) is 0 Å². The van der Waals surface area contributed by atoms with Crippen LogP contribution in [0.3, 0.4) is 0 Å². The molecule has 0 saturated carbocycles. The van der Waals surface area contributed by atoms with E-state index in [-0.39, 0.29) is 0 Å². The second-order valence-corrected chi connectivity index (χ2v) is 6.07. The Morgan fingerprint density at radius 3 is 1.89 bits per heavy atom. The van der Waals surface area contributed by atoms with Crippen molar-refractivity contribution >= 4 is 27.9 Å². The van der Waals surface area contributed by atoms with Crippen LogP contribution < -0.4 is 10.5 Å². The van der Waals surface area contributed by atoms with Crippen LogP contribution in [0.25, 0.3) is 0 Å². The van der Waals surface area contributed by atoms with Crippen molar-refractivity contribution in [2.75, 3.05) is 7.11 Å². The molecule has 1 atom stereocenters. The van der Waals surface area contributed by atoms with Gasteiger partial charge in [-0.1, -0.05) is 40.2 Å². The Labute approximate surface area is 160 Å². The molecule has 0 saturated heterocycles. The molecule has 2 rings (SSSR count). The molecular formula is C17H15BrF3NO5. The molecule has 0 spiro atoms. The van der Waals surface area contributed by atoms with E-state index >= 15 is 0 Å². The first-order valence-electron chi connectivity index (χ1n) is 7.16. The van der Waals surface area contributed by atoms with Gasteiger partial charge in [-0.05, 0) is 35.4 Å². The minimum Gasteiger partial charge on any atom is -0.497 e. The summed E-state index contributed by atoms with van der Waals surface area (Å²) >= 11 is 3.33. The Bertz CT molecular complexity index is 828. The largest absolute Gasteiger partial charge is 0.497 e. The fourth-order valence-electron chi connectivity index (χ4n) is 2.02. The van der Waals surface area contributed by atoms with Gasteiger partial charge in [0.25, 0.3) is 0 Å². The number of carboxylic acid groups (broad SMARTS) is 2. The van der Waals surface area contributed by atoms with Crippen molar-refractivity contribution in [2.24, 2.45) is 5.73 Å². The lowest BCUT2D eigenvalue weighted by Crippen LogP contribution is -2.45. The van der Waals surface area contributed by atoms with Crippen LogP contribution in [-0.4, -0.2) is 35.4 Å². The van der Waals surface area contributed by atoms with Crippen LogP contribution in [0, 0.1) is 0 Å². The molecule has 6 nitrogen and oxygen atoms in total. The first-order valence-corrected chi connectivity index (χ1v) is 7.95. The maximum absolute atomic E-state index is 11.8. The molecule has 2 aromatic rings. The number of rotatable bonds is 4. The third kappa shape index (κ3) is 5.69. The molecule has 1 unspecified atom stereocenters. The lowest BCUT2D eigenvalue weighted by atomic mass is 9.84. The van der Waals surface area contributed by atoms with E-state index in [0.717, 1.165) is 4.47 Å². The van der Waals surface area contributed by atoms with Crippen LogP contribution >= 0.6 is 15.9 Å². The molecule has 0 aliphatic heterocycles. The van der Waals surface area contributed by atoms with Crippen LogP contribution in [0.15, 0.2) is 53.0 Å². The van der Waals surface area contributed by atoms with Gasteiger partial charge in [0.05, 0.1) is 7.11 Å². The van der Waals surface area contributed by atoms with E-state index in [4.69, 9.17) is 20.4 Å². The Balaban J connectivity index is 0.000000445. The molecule has 27 heavy (non-hydrogen) atoms. The Kier molecular flexibility index (Phi) is 7.37. The number of hydrogen-bond donors (Lipinski definition) is 3. The molecule has 0 amide bonds. The summed E-state index contributed by atoms with van der Waals surface area (Å²) in [4.78, 5) is 20.6. The van der Waals surface area contributed by atoms with Gasteiger partial charge in [0.1, 0.15) is 5.75 Å². The topological polar surface area (TPSA) is 110 Å². The number of benzene rings is 2. The summed E-state index contributed by atoms with van der Waals surface area (Å²) in [6.45, 7) is 0. The summed E-state index contributed by atoms with van der Waals surface area (Å²) in [5, 5.41) is 16.7. The zero-order valence-electron chi connectivity index (χ0n) is 13.8. The van der Waals surface area contributed by atoms with Gasteiger partial charge in [-0.25, -0.2) is 9.59 Å². The van der Waals surface area contributed by atoms with Gasteiger partial charge in [0.15, 0.2) is 5.54 Å². The van der Waals surface area contributed by atoms with E-state index < -0.39 is 23.7 Å². The smallest absolute Gasteiger partial charge is 0.490 e. The first-order chi connectivity index (χ1) is 12.4. The zero-order valence-corrected chi connectivity index (χ0v) is 15.4. The average molecular weight is 450 g/mol. The highest BCUT2D eigenvalue weighted by molar-refractivity contribution is 9.10. The summed E-state index contributed by atoms with van der Waals surface area (Å²) in [7, 11) is 1.52. The third-order valence-electron chi connectivity index (χ3n) is 3.38. The van der Waals surface area contributed by atoms with Crippen LogP contribution in [0.2, 0.25) is 0 Å². The number of ether oxygens (including phenoxy) is 1. The minimum atomic E-state index is -5.08. The first kappa shape index (κ1) is 22.5. The van der Waals surface area contributed by atoms with Crippen molar-refractivity contribution in [1.29, 1.82) is 0 Å². The number of nitrogens with two attached hydrogens (primary N) is 1. The van der Waals surface area contributed by atoms with E-state index in [1.165, 1.54) is 7.11 Å². The van der Waals surface area contributed by atoms with Crippen molar-refractivity contribution in [1.82, 2.24) is 0 Å². The number of carbonyl (C=O) groups is 2. The summed E-state index contributed by atoms with van der Waals surface area (Å²) in [5.41, 5.74) is 5.53. The Hall–Kier alpha value is -2.59. The molecule has 0 radical (unpaired) electrons. The van der Waals surface area contributed by atoms with Gasteiger partial charge in [0, 0.05) is 4.47 Å². The third-order valence-corrected chi connectivity index (χ3v) is 3.88. The van der Waals surface area contributed by atoms with Crippen molar-refractivity contribution in [3.05, 3.63) is 64.1 Å². The molecule has 2 aromatic carbocycles. The lowest BCUT2D eigenvalue weighted by molar-refractivity contribution is -0.192. The SMILES string of the molecule is COc1cccc(C(N)(C(=O)O)c2cccc(Br)c2)c1.O=C(O)C(F)(F)F. The second kappa shape index (κ2) is 8.87. The fraction of sp³-hybridized carbons (Fsp3) is 0.176. The second-order valence-electron chi connectivity index (χ2n) is 5.16. The highest BCUT2D eigenvalue weighted by Crippen LogP contribution is 2.31. The summed E-state index contributed by atoms with van der Waals surface area (Å²) < 4.78 is 37.6. The number of methoxy groups -OCH3 is 1. The molecule has 0 aromatic heterocycles. The quantitative estimate of drug-likeness (QED) is 0.659. The average Bonchev–Trinajstić information content (AvgIpc) is 2.60. The molecule has 0 aliphatic rings. The number of hydrogen-bond acceptors (Lipinski definition) is 4. The summed E-state index contributed by atoms with van der Waals surface area (Å²) in [5.74, 6) is -3.31. The number of halogens is 4. The van der Waals surface area contributed by atoms with Crippen LogP contribution in [-0.2, 0) is 15.1 Å². The van der Waals surface area contributed by atoms with Crippen molar-refractivity contribution in [2.45, 2.75) is 11.7 Å². The van der Waals surface area contributed by atoms with E-state index in [1.807, 2.05) is 6.07 Å². The molecular weight excluding hydrogens is 435 g/mol. The number of alkyl halides is 3. The molecule has 0 aliphatic carbocycles. The summed E-state index contributed by atoms with van der Waals surface area (Å²) in [6.07, 6.45) is -5.08. The van der Waals surface area contributed by atoms with E-state index in [1.54, 1.807) is 42.5 Å². The maximum Gasteiger partial charge on any atom is 0.490 e. The highest BCUT2D eigenvalue weighted by atomic mass is 79.9. The standard InChI is InChI=1S/C15H14BrNO3.C2HF3O2/c1-20-13-7-3-5-11(9-13)15(17,14(18)19)10-4-2-6-12(16)8-10;3-2(4,5)1(6)7/h2-9H,17H2,1H3,(H,18,19);(H,6,7). The van der Waals surface area contributed by atoms with Gasteiger partial charge in [-0.2, -0.15) is 13.2 Å². The minimum absolute atomic E-state index is 0.461. The fourth-order valence-corrected chi connectivity index (χ4v) is 2.41. The van der Waals surface area contributed by atoms with E-state index in [0.29, 0.717) is 16.9 Å². The molecule has 10 heteroatoms.